The normalized spacial score (nSPS) is 12.1. The Morgan fingerprint density at radius 1 is 1.05 bits per heavy atom. The molecule has 0 aliphatic heterocycles. The van der Waals surface area contributed by atoms with Gasteiger partial charge in [0.1, 0.15) is 5.75 Å². The smallest absolute Gasteiger partial charge is 0.119 e. The van der Waals surface area contributed by atoms with E-state index in [1.807, 2.05) is 6.07 Å². The first-order chi connectivity index (χ1) is 9.46. The van der Waals surface area contributed by atoms with Crippen molar-refractivity contribution in [3.8, 4) is 5.75 Å². The Bertz CT molecular complexity index is 560. The van der Waals surface area contributed by atoms with E-state index in [4.69, 9.17) is 4.74 Å². The van der Waals surface area contributed by atoms with Crippen molar-refractivity contribution in [1.29, 1.82) is 0 Å². The first kappa shape index (κ1) is 14.9. The molecule has 0 heterocycles. The van der Waals surface area contributed by atoms with Gasteiger partial charge in [-0.3, -0.25) is 0 Å². The van der Waals surface area contributed by atoms with E-state index in [1.165, 1.54) is 10.8 Å². The highest BCUT2D eigenvalue weighted by Crippen LogP contribution is 2.23. The summed E-state index contributed by atoms with van der Waals surface area (Å²) in [5, 5.41) is 5.95. The largest absolute Gasteiger partial charge is 0.493 e. The van der Waals surface area contributed by atoms with E-state index in [1.54, 1.807) is 0 Å². The molecule has 0 radical (unpaired) electrons. The van der Waals surface area contributed by atoms with Crippen molar-refractivity contribution in [2.45, 2.75) is 33.7 Å². The molecule has 1 N–H and O–H groups in total. The number of hydrogen-bond donors (Lipinski definition) is 1. The van der Waals surface area contributed by atoms with Crippen LogP contribution in [0.5, 0.6) is 5.75 Å². The van der Waals surface area contributed by atoms with Crippen molar-refractivity contribution in [3.63, 3.8) is 0 Å². The lowest BCUT2D eigenvalue weighted by molar-refractivity contribution is 0.173. The zero-order chi connectivity index (χ0) is 14.6. The van der Waals surface area contributed by atoms with Gasteiger partial charge in [0.05, 0.1) is 6.61 Å². The first-order valence-electron chi connectivity index (χ1n) is 7.31. The predicted octanol–water partition coefficient (Wildman–Crippen LogP) is 4.24. The van der Waals surface area contributed by atoms with Crippen molar-refractivity contribution in [2.75, 3.05) is 13.2 Å². The third-order valence-corrected chi connectivity index (χ3v) is 3.34. The van der Waals surface area contributed by atoms with Gasteiger partial charge in [0.2, 0.25) is 0 Å². The van der Waals surface area contributed by atoms with Gasteiger partial charge in [0, 0.05) is 18.0 Å². The van der Waals surface area contributed by atoms with Crippen LogP contribution in [-0.2, 0) is 0 Å². The number of hydrogen-bond acceptors (Lipinski definition) is 2. The summed E-state index contributed by atoms with van der Waals surface area (Å²) in [7, 11) is 0. The molecule has 0 amide bonds. The maximum Gasteiger partial charge on any atom is 0.119 e. The van der Waals surface area contributed by atoms with Crippen LogP contribution < -0.4 is 10.1 Å². The molecule has 0 aromatic heterocycles. The second-order valence-corrected chi connectivity index (χ2v) is 6.50. The molecule has 2 aromatic carbocycles. The SMILES string of the molecule is CC(C)NCC(C)(C)COc1ccc2ccccc2c1. The Balaban J connectivity index is 1.98. The van der Waals surface area contributed by atoms with E-state index < -0.39 is 0 Å². The lowest BCUT2D eigenvalue weighted by Gasteiger charge is -2.26. The molecule has 0 unspecified atom stereocenters. The van der Waals surface area contributed by atoms with Crippen LogP contribution in [0.2, 0.25) is 0 Å². The Morgan fingerprint density at radius 2 is 1.75 bits per heavy atom. The summed E-state index contributed by atoms with van der Waals surface area (Å²) in [5.41, 5.74) is 0.121. The predicted molar refractivity (Wildman–Crippen MR) is 86.4 cm³/mol. The van der Waals surface area contributed by atoms with Gasteiger partial charge in [-0.05, 0) is 22.9 Å². The highest BCUT2D eigenvalue weighted by molar-refractivity contribution is 5.83. The van der Waals surface area contributed by atoms with Gasteiger partial charge in [-0.25, -0.2) is 0 Å². The van der Waals surface area contributed by atoms with E-state index in [0.29, 0.717) is 12.6 Å². The molecule has 0 atom stereocenters. The van der Waals surface area contributed by atoms with Crippen molar-refractivity contribution < 1.29 is 4.74 Å². The van der Waals surface area contributed by atoms with Gasteiger partial charge >= 0.3 is 0 Å². The molecule has 0 saturated carbocycles. The molecule has 0 aliphatic carbocycles. The molecular weight excluding hydrogens is 246 g/mol. The van der Waals surface area contributed by atoms with Crippen LogP contribution >= 0.6 is 0 Å². The molecule has 2 aromatic rings. The zero-order valence-electron chi connectivity index (χ0n) is 12.9. The van der Waals surface area contributed by atoms with E-state index in [9.17, 15) is 0 Å². The Kier molecular flexibility index (Phi) is 4.66. The fourth-order valence-corrected chi connectivity index (χ4v) is 2.07. The summed E-state index contributed by atoms with van der Waals surface area (Å²) < 4.78 is 5.97. The molecule has 2 nitrogen and oxygen atoms in total. The Hall–Kier alpha value is -1.54. The van der Waals surface area contributed by atoms with Gasteiger partial charge in [-0.15, -0.1) is 0 Å². The Labute approximate surface area is 122 Å². The minimum absolute atomic E-state index is 0.121. The number of fused-ring (bicyclic) bond motifs is 1. The molecule has 0 spiro atoms. The van der Waals surface area contributed by atoms with E-state index in [-0.39, 0.29) is 5.41 Å². The third-order valence-electron chi connectivity index (χ3n) is 3.34. The maximum absolute atomic E-state index is 5.97. The lowest BCUT2D eigenvalue weighted by atomic mass is 9.94. The van der Waals surface area contributed by atoms with Gasteiger partial charge < -0.3 is 10.1 Å². The highest BCUT2D eigenvalue weighted by Gasteiger charge is 2.19. The molecule has 0 saturated heterocycles. The van der Waals surface area contributed by atoms with Crippen molar-refractivity contribution in [3.05, 3.63) is 42.5 Å². The van der Waals surface area contributed by atoms with Crippen molar-refractivity contribution >= 4 is 10.8 Å². The van der Waals surface area contributed by atoms with Gasteiger partial charge in [-0.1, -0.05) is 58.0 Å². The molecule has 2 heteroatoms. The summed E-state index contributed by atoms with van der Waals surface area (Å²) in [4.78, 5) is 0. The second kappa shape index (κ2) is 6.27. The van der Waals surface area contributed by atoms with Crippen LogP contribution in [0, 0.1) is 5.41 Å². The van der Waals surface area contributed by atoms with E-state index in [0.717, 1.165) is 12.3 Å². The van der Waals surface area contributed by atoms with Crippen LogP contribution in [0.25, 0.3) is 10.8 Å². The van der Waals surface area contributed by atoms with Gasteiger partial charge in [-0.2, -0.15) is 0 Å². The van der Waals surface area contributed by atoms with E-state index in [2.05, 4.69) is 69.4 Å². The van der Waals surface area contributed by atoms with E-state index >= 15 is 0 Å². The second-order valence-electron chi connectivity index (χ2n) is 6.50. The fraction of sp³-hybridized carbons (Fsp3) is 0.444. The summed E-state index contributed by atoms with van der Waals surface area (Å²) >= 11 is 0. The van der Waals surface area contributed by atoms with Crippen molar-refractivity contribution in [2.24, 2.45) is 5.41 Å². The number of benzene rings is 2. The Morgan fingerprint density at radius 3 is 2.45 bits per heavy atom. The van der Waals surface area contributed by atoms with Crippen LogP contribution in [0.1, 0.15) is 27.7 Å². The summed E-state index contributed by atoms with van der Waals surface area (Å²) in [5.74, 6) is 0.946. The van der Waals surface area contributed by atoms with Crippen LogP contribution in [-0.4, -0.2) is 19.2 Å². The fourth-order valence-electron chi connectivity index (χ4n) is 2.07. The highest BCUT2D eigenvalue weighted by atomic mass is 16.5. The van der Waals surface area contributed by atoms with Crippen molar-refractivity contribution in [1.82, 2.24) is 5.32 Å². The molecule has 0 aliphatic rings. The summed E-state index contributed by atoms with van der Waals surface area (Å²) in [6.45, 7) is 10.5. The third kappa shape index (κ3) is 4.24. The number of nitrogens with one attached hydrogen (secondary N) is 1. The summed E-state index contributed by atoms with van der Waals surface area (Å²) in [6, 6.07) is 15.1. The molecule has 20 heavy (non-hydrogen) atoms. The maximum atomic E-state index is 5.97. The average molecular weight is 271 g/mol. The standard InChI is InChI=1S/C18H25NO/c1-14(2)19-12-18(3,4)13-20-17-10-9-15-7-5-6-8-16(15)11-17/h5-11,14,19H,12-13H2,1-4H3. The molecule has 0 bridgehead atoms. The molecule has 108 valence electrons. The average Bonchev–Trinajstić information content (AvgIpc) is 2.43. The van der Waals surface area contributed by atoms with Crippen LogP contribution in [0.3, 0.4) is 0 Å². The van der Waals surface area contributed by atoms with Gasteiger partial charge in [0.25, 0.3) is 0 Å². The number of rotatable bonds is 6. The van der Waals surface area contributed by atoms with Gasteiger partial charge in [0.15, 0.2) is 0 Å². The van der Waals surface area contributed by atoms with Crippen LogP contribution in [0.4, 0.5) is 0 Å². The molecule has 2 rings (SSSR count). The monoisotopic (exact) mass is 271 g/mol. The molecule has 0 fully saturated rings. The lowest BCUT2D eigenvalue weighted by Crippen LogP contribution is -2.37. The minimum atomic E-state index is 0.121. The number of ether oxygens (including phenoxy) is 1. The summed E-state index contributed by atoms with van der Waals surface area (Å²) in [6.07, 6.45) is 0. The minimum Gasteiger partial charge on any atom is -0.493 e. The topological polar surface area (TPSA) is 21.3 Å². The zero-order valence-corrected chi connectivity index (χ0v) is 12.9. The molecular formula is C18H25NO. The quantitative estimate of drug-likeness (QED) is 0.848. The first-order valence-corrected chi connectivity index (χ1v) is 7.31. The van der Waals surface area contributed by atoms with Crippen LogP contribution in [0.15, 0.2) is 42.5 Å².